The standard InChI is InChI=1S/C14H21N3O2S/c1-16-8-6-15-13(16)20-10-12(18)17-7-2-3-11(9-17)14(19)4-5-14/h6,8,11,19H,2-5,7,9-10H2,1H3. The lowest BCUT2D eigenvalue weighted by molar-refractivity contribution is -0.131. The Morgan fingerprint density at radius 1 is 1.60 bits per heavy atom. The highest BCUT2D eigenvalue weighted by atomic mass is 32.2. The number of hydrogen-bond acceptors (Lipinski definition) is 4. The zero-order valence-electron chi connectivity index (χ0n) is 11.8. The lowest BCUT2D eigenvalue weighted by Crippen LogP contribution is -2.45. The SMILES string of the molecule is Cn1ccnc1SCC(=O)N1CCCC(C2(O)CC2)C1. The van der Waals surface area contributed by atoms with Gasteiger partial charge in [0.1, 0.15) is 0 Å². The van der Waals surface area contributed by atoms with Gasteiger partial charge in [-0.1, -0.05) is 11.8 Å². The summed E-state index contributed by atoms with van der Waals surface area (Å²) in [5.41, 5.74) is -0.467. The van der Waals surface area contributed by atoms with E-state index < -0.39 is 5.60 Å². The van der Waals surface area contributed by atoms with Gasteiger partial charge in [0.25, 0.3) is 0 Å². The molecule has 1 aliphatic carbocycles. The van der Waals surface area contributed by atoms with Crippen LogP contribution >= 0.6 is 11.8 Å². The fraction of sp³-hybridized carbons (Fsp3) is 0.714. The third-order valence-corrected chi connectivity index (χ3v) is 5.44. The first-order valence-corrected chi connectivity index (χ1v) is 8.17. The van der Waals surface area contributed by atoms with Crippen LogP contribution in [0.5, 0.6) is 0 Å². The fourth-order valence-corrected chi connectivity index (χ4v) is 3.72. The molecule has 5 nitrogen and oxygen atoms in total. The number of likely N-dealkylation sites (tertiary alicyclic amines) is 1. The highest BCUT2D eigenvalue weighted by Gasteiger charge is 2.48. The number of hydrogen-bond donors (Lipinski definition) is 1. The Morgan fingerprint density at radius 2 is 2.40 bits per heavy atom. The van der Waals surface area contributed by atoms with E-state index in [0.29, 0.717) is 5.75 Å². The van der Waals surface area contributed by atoms with Crippen LogP contribution in [0.3, 0.4) is 0 Å². The molecule has 0 aromatic carbocycles. The molecule has 1 aromatic rings. The second kappa shape index (κ2) is 5.41. The van der Waals surface area contributed by atoms with Crippen molar-refractivity contribution in [2.75, 3.05) is 18.8 Å². The molecular weight excluding hydrogens is 274 g/mol. The minimum atomic E-state index is -0.467. The van der Waals surface area contributed by atoms with Crippen molar-refractivity contribution in [1.29, 1.82) is 0 Å². The van der Waals surface area contributed by atoms with E-state index in [0.717, 1.165) is 43.9 Å². The van der Waals surface area contributed by atoms with E-state index >= 15 is 0 Å². The maximum atomic E-state index is 12.3. The molecular formula is C14H21N3O2S. The number of rotatable bonds is 4. The lowest BCUT2D eigenvalue weighted by atomic mass is 9.91. The molecule has 1 N–H and O–H groups in total. The molecule has 20 heavy (non-hydrogen) atoms. The van der Waals surface area contributed by atoms with Crippen molar-refractivity contribution in [3.8, 4) is 0 Å². The van der Waals surface area contributed by atoms with Crippen molar-refractivity contribution in [3.05, 3.63) is 12.4 Å². The highest BCUT2D eigenvalue weighted by Crippen LogP contribution is 2.45. The summed E-state index contributed by atoms with van der Waals surface area (Å²) < 4.78 is 1.92. The van der Waals surface area contributed by atoms with E-state index in [2.05, 4.69) is 4.98 Å². The maximum Gasteiger partial charge on any atom is 0.233 e. The average molecular weight is 295 g/mol. The smallest absolute Gasteiger partial charge is 0.233 e. The van der Waals surface area contributed by atoms with Crippen LogP contribution in [0, 0.1) is 5.92 Å². The number of aryl methyl sites for hydroxylation is 1. The van der Waals surface area contributed by atoms with Crippen LogP contribution in [0.4, 0.5) is 0 Å². The van der Waals surface area contributed by atoms with Crippen LogP contribution in [0.25, 0.3) is 0 Å². The number of amides is 1. The minimum Gasteiger partial charge on any atom is -0.390 e. The predicted molar refractivity (Wildman–Crippen MR) is 77.4 cm³/mol. The van der Waals surface area contributed by atoms with E-state index in [4.69, 9.17) is 0 Å². The van der Waals surface area contributed by atoms with Crippen molar-refractivity contribution in [1.82, 2.24) is 14.5 Å². The molecule has 0 spiro atoms. The fourth-order valence-electron chi connectivity index (χ4n) is 2.89. The summed E-state index contributed by atoms with van der Waals surface area (Å²) in [6.07, 6.45) is 7.49. The molecule has 2 aliphatic rings. The Balaban J connectivity index is 1.53. The molecule has 1 aromatic heterocycles. The van der Waals surface area contributed by atoms with Crippen LogP contribution in [0.1, 0.15) is 25.7 Å². The van der Waals surface area contributed by atoms with Crippen molar-refractivity contribution in [3.63, 3.8) is 0 Å². The van der Waals surface area contributed by atoms with E-state index in [1.54, 1.807) is 6.20 Å². The summed E-state index contributed by atoms with van der Waals surface area (Å²) in [7, 11) is 1.93. The van der Waals surface area contributed by atoms with E-state index in [1.165, 1.54) is 11.8 Å². The van der Waals surface area contributed by atoms with Gasteiger partial charge in [0.15, 0.2) is 5.16 Å². The molecule has 1 amide bonds. The Bertz CT molecular complexity index is 498. The normalized spacial score (nSPS) is 24.7. The third kappa shape index (κ3) is 2.86. The van der Waals surface area contributed by atoms with Gasteiger partial charge in [-0.2, -0.15) is 0 Å². The molecule has 0 bridgehead atoms. The monoisotopic (exact) mass is 295 g/mol. The van der Waals surface area contributed by atoms with Crippen LogP contribution in [0.15, 0.2) is 17.6 Å². The van der Waals surface area contributed by atoms with Gasteiger partial charge < -0.3 is 14.6 Å². The van der Waals surface area contributed by atoms with Gasteiger partial charge in [-0.15, -0.1) is 0 Å². The van der Waals surface area contributed by atoms with Crippen molar-refractivity contribution in [2.24, 2.45) is 13.0 Å². The Labute approximate surface area is 123 Å². The molecule has 1 unspecified atom stereocenters. The molecule has 3 rings (SSSR count). The van der Waals surface area contributed by atoms with Gasteiger partial charge >= 0.3 is 0 Å². The molecule has 2 heterocycles. The number of nitrogens with zero attached hydrogens (tertiary/aromatic N) is 3. The Hall–Kier alpha value is -1.01. The number of thioether (sulfide) groups is 1. The molecule has 0 radical (unpaired) electrons. The van der Waals surface area contributed by atoms with Gasteiger partial charge in [0.2, 0.25) is 5.91 Å². The number of imidazole rings is 1. The first-order valence-electron chi connectivity index (χ1n) is 7.19. The van der Waals surface area contributed by atoms with Crippen LogP contribution in [-0.2, 0) is 11.8 Å². The van der Waals surface area contributed by atoms with E-state index in [-0.39, 0.29) is 11.8 Å². The molecule has 110 valence electrons. The second-order valence-electron chi connectivity index (χ2n) is 5.89. The predicted octanol–water partition coefficient (Wildman–Crippen LogP) is 1.28. The number of aliphatic hydroxyl groups is 1. The zero-order valence-corrected chi connectivity index (χ0v) is 12.6. The van der Waals surface area contributed by atoms with Crippen LogP contribution < -0.4 is 0 Å². The summed E-state index contributed by atoms with van der Waals surface area (Å²) in [6, 6.07) is 0. The number of carbonyl (C=O) groups excluding carboxylic acids is 1. The van der Waals surface area contributed by atoms with Gasteiger partial charge in [0, 0.05) is 38.4 Å². The van der Waals surface area contributed by atoms with E-state index in [1.807, 2.05) is 22.7 Å². The zero-order chi connectivity index (χ0) is 14.2. The van der Waals surface area contributed by atoms with Gasteiger partial charge in [0.05, 0.1) is 11.4 Å². The van der Waals surface area contributed by atoms with Gasteiger partial charge in [-0.05, 0) is 25.7 Å². The molecule has 1 atom stereocenters. The Morgan fingerprint density at radius 3 is 3.05 bits per heavy atom. The number of carbonyl (C=O) groups is 1. The summed E-state index contributed by atoms with van der Waals surface area (Å²) in [5.74, 6) is 0.862. The number of piperidine rings is 1. The first-order chi connectivity index (χ1) is 9.58. The summed E-state index contributed by atoms with van der Waals surface area (Å²) in [6.45, 7) is 1.54. The Kier molecular flexibility index (Phi) is 3.77. The maximum absolute atomic E-state index is 12.3. The summed E-state index contributed by atoms with van der Waals surface area (Å²) in [4.78, 5) is 18.4. The molecule has 6 heteroatoms. The van der Waals surface area contributed by atoms with Crippen molar-refractivity contribution < 1.29 is 9.90 Å². The minimum absolute atomic E-state index is 0.159. The molecule has 1 aliphatic heterocycles. The van der Waals surface area contributed by atoms with Crippen molar-refractivity contribution in [2.45, 2.75) is 36.4 Å². The van der Waals surface area contributed by atoms with Crippen molar-refractivity contribution >= 4 is 17.7 Å². The quantitative estimate of drug-likeness (QED) is 0.850. The van der Waals surface area contributed by atoms with Gasteiger partial charge in [-0.3, -0.25) is 4.79 Å². The summed E-state index contributed by atoms with van der Waals surface area (Å²) >= 11 is 1.48. The first kappa shape index (κ1) is 13.9. The average Bonchev–Trinajstić information content (AvgIpc) is 3.08. The molecule has 2 fully saturated rings. The van der Waals surface area contributed by atoms with Crippen LogP contribution in [-0.4, -0.2) is 49.9 Å². The van der Waals surface area contributed by atoms with Crippen LogP contribution in [0.2, 0.25) is 0 Å². The lowest BCUT2D eigenvalue weighted by Gasteiger charge is -2.35. The topological polar surface area (TPSA) is 58.4 Å². The van der Waals surface area contributed by atoms with Gasteiger partial charge in [-0.25, -0.2) is 4.98 Å². The molecule has 1 saturated heterocycles. The third-order valence-electron chi connectivity index (χ3n) is 4.40. The largest absolute Gasteiger partial charge is 0.390 e. The highest BCUT2D eigenvalue weighted by molar-refractivity contribution is 7.99. The number of aromatic nitrogens is 2. The summed E-state index contributed by atoms with van der Waals surface area (Å²) in [5, 5.41) is 11.1. The van der Waals surface area contributed by atoms with E-state index in [9.17, 15) is 9.90 Å². The molecule has 1 saturated carbocycles. The second-order valence-corrected chi connectivity index (χ2v) is 6.83.